The normalized spacial score (nSPS) is 17.4. The molecule has 0 spiro atoms. The second-order valence-electron chi connectivity index (χ2n) is 4.35. The van der Waals surface area contributed by atoms with Crippen LogP contribution in [0.25, 0.3) is 0 Å². The van der Waals surface area contributed by atoms with Gasteiger partial charge in [0.25, 0.3) is 5.91 Å². The summed E-state index contributed by atoms with van der Waals surface area (Å²) in [5.74, 6) is -0.0106. The number of carbonyl (C=O) groups is 1. The summed E-state index contributed by atoms with van der Waals surface area (Å²) < 4.78 is 1.77. The monoisotopic (exact) mass is 423 g/mol. The Labute approximate surface area is 126 Å². The van der Waals surface area contributed by atoms with E-state index in [0.717, 1.165) is 27.1 Å². The van der Waals surface area contributed by atoms with Crippen molar-refractivity contribution in [3.05, 3.63) is 32.7 Å². The maximum Gasteiger partial charge on any atom is 0.252 e. The Hall–Kier alpha value is 0.130. The van der Waals surface area contributed by atoms with Gasteiger partial charge in [0.1, 0.15) is 0 Å². The molecule has 0 aliphatic heterocycles. The molecule has 2 rings (SSSR count). The molecule has 5 heteroatoms. The Morgan fingerprint density at radius 3 is 2.53 bits per heavy atom. The molecule has 17 heavy (non-hydrogen) atoms. The second kappa shape index (κ2) is 5.41. The fourth-order valence-electron chi connectivity index (χ4n) is 1.88. The molecule has 1 aliphatic rings. The number of rotatable bonds is 3. The molecule has 1 amide bonds. The highest BCUT2D eigenvalue weighted by molar-refractivity contribution is 9.11. The van der Waals surface area contributed by atoms with Crippen molar-refractivity contribution in [1.29, 1.82) is 0 Å². The molecule has 0 heterocycles. The van der Waals surface area contributed by atoms with Crippen molar-refractivity contribution in [3.63, 3.8) is 0 Å². The van der Waals surface area contributed by atoms with Crippen LogP contribution in [0.4, 0.5) is 0 Å². The first-order chi connectivity index (χ1) is 8.06. The molecular formula is C12H12Br3NO. The van der Waals surface area contributed by atoms with Crippen LogP contribution < -0.4 is 5.32 Å². The van der Waals surface area contributed by atoms with Gasteiger partial charge in [0.2, 0.25) is 0 Å². The van der Waals surface area contributed by atoms with E-state index in [1.54, 1.807) is 0 Å². The summed E-state index contributed by atoms with van der Waals surface area (Å²) in [7, 11) is 0. The molecule has 1 aromatic carbocycles. The zero-order valence-electron chi connectivity index (χ0n) is 9.10. The first-order valence-electron chi connectivity index (χ1n) is 5.40. The highest BCUT2D eigenvalue weighted by Gasteiger charge is 2.37. The van der Waals surface area contributed by atoms with E-state index in [9.17, 15) is 4.79 Å². The lowest BCUT2D eigenvalue weighted by molar-refractivity contribution is 0.0855. The minimum absolute atomic E-state index is 0.0106. The van der Waals surface area contributed by atoms with E-state index in [1.807, 2.05) is 18.2 Å². The van der Waals surface area contributed by atoms with Gasteiger partial charge in [-0.25, -0.2) is 0 Å². The van der Waals surface area contributed by atoms with Crippen molar-refractivity contribution >= 4 is 53.7 Å². The Kier molecular flexibility index (Phi) is 4.31. The van der Waals surface area contributed by atoms with Gasteiger partial charge in [-0.05, 0) is 53.4 Å². The van der Waals surface area contributed by atoms with E-state index in [0.29, 0.717) is 5.56 Å². The molecule has 0 saturated heterocycles. The summed E-state index contributed by atoms with van der Waals surface area (Å²) in [6.07, 6.45) is 3.30. The minimum atomic E-state index is -0.0381. The average Bonchev–Trinajstić information content (AvgIpc) is 2.23. The third-order valence-electron chi connectivity index (χ3n) is 3.12. The van der Waals surface area contributed by atoms with Crippen LogP contribution in [0.5, 0.6) is 0 Å². The van der Waals surface area contributed by atoms with Gasteiger partial charge in [0, 0.05) is 14.3 Å². The van der Waals surface area contributed by atoms with Crippen LogP contribution in [0, 0.1) is 0 Å². The average molecular weight is 426 g/mol. The largest absolute Gasteiger partial charge is 0.346 e. The van der Waals surface area contributed by atoms with E-state index < -0.39 is 0 Å². The van der Waals surface area contributed by atoms with Crippen molar-refractivity contribution in [1.82, 2.24) is 5.32 Å². The van der Waals surface area contributed by atoms with Gasteiger partial charge in [-0.1, -0.05) is 31.9 Å². The lowest BCUT2D eigenvalue weighted by Crippen LogP contribution is -2.54. The number of alkyl halides is 1. The predicted octanol–water partition coefficient (Wildman–Crippen LogP) is 4.26. The van der Waals surface area contributed by atoms with Crippen LogP contribution in [0.15, 0.2) is 27.1 Å². The van der Waals surface area contributed by atoms with Crippen LogP contribution in [0.1, 0.15) is 29.6 Å². The van der Waals surface area contributed by atoms with Gasteiger partial charge < -0.3 is 5.32 Å². The van der Waals surface area contributed by atoms with Crippen molar-refractivity contribution < 1.29 is 4.79 Å². The first kappa shape index (κ1) is 13.6. The Morgan fingerprint density at radius 2 is 2.06 bits per heavy atom. The first-order valence-corrected chi connectivity index (χ1v) is 8.11. The summed E-state index contributed by atoms with van der Waals surface area (Å²) in [4.78, 5) is 12.2. The molecule has 2 nitrogen and oxygen atoms in total. The van der Waals surface area contributed by atoms with Gasteiger partial charge in [0.05, 0.1) is 11.1 Å². The van der Waals surface area contributed by atoms with Crippen LogP contribution >= 0.6 is 47.8 Å². The van der Waals surface area contributed by atoms with Gasteiger partial charge in [-0.3, -0.25) is 4.79 Å². The Bertz CT molecular complexity index is 438. The minimum Gasteiger partial charge on any atom is -0.346 e. The molecule has 0 aromatic heterocycles. The number of nitrogens with one attached hydrogen (secondary N) is 1. The lowest BCUT2D eigenvalue weighted by atomic mass is 9.78. The predicted molar refractivity (Wildman–Crippen MR) is 79.7 cm³/mol. The van der Waals surface area contributed by atoms with Crippen molar-refractivity contribution in [3.8, 4) is 0 Å². The van der Waals surface area contributed by atoms with Gasteiger partial charge >= 0.3 is 0 Å². The van der Waals surface area contributed by atoms with Crippen molar-refractivity contribution in [2.24, 2.45) is 0 Å². The topological polar surface area (TPSA) is 29.1 Å². The van der Waals surface area contributed by atoms with E-state index in [4.69, 9.17) is 0 Å². The molecule has 1 aromatic rings. The molecule has 1 aliphatic carbocycles. The fraction of sp³-hybridized carbons (Fsp3) is 0.417. The number of hydrogen-bond donors (Lipinski definition) is 1. The molecular weight excluding hydrogens is 414 g/mol. The fourth-order valence-corrected chi connectivity index (χ4v) is 3.81. The highest BCUT2D eigenvalue weighted by atomic mass is 79.9. The number of benzene rings is 1. The van der Waals surface area contributed by atoms with Gasteiger partial charge in [0.15, 0.2) is 0 Å². The number of halogens is 3. The maximum atomic E-state index is 12.2. The molecule has 1 saturated carbocycles. The zero-order chi connectivity index (χ0) is 12.5. The van der Waals surface area contributed by atoms with E-state index in [1.165, 1.54) is 6.42 Å². The number of carbonyl (C=O) groups excluding carboxylic acids is 1. The molecule has 92 valence electrons. The SMILES string of the molecule is O=C(NC1(CBr)CCC1)c1ccc(Br)cc1Br. The van der Waals surface area contributed by atoms with E-state index in [-0.39, 0.29) is 11.4 Å². The third kappa shape index (κ3) is 2.93. The van der Waals surface area contributed by atoms with Crippen LogP contribution in [0.3, 0.4) is 0 Å². The number of hydrogen-bond acceptors (Lipinski definition) is 1. The van der Waals surface area contributed by atoms with E-state index in [2.05, 4.69) is 53.1 Å². The zero-order valence-corrected chi connectivity index (χ0v) is 13.9. The Morgan fingerprint density at radius 1 is 1.35 bits per heavy atom. The van der Waals surface area contributed by atoms with Gasteiger partial charge in [-0.15, -0.1) is 0 Å². The standard InChI is InChI=1S/C12H12Br3NO/c13-7-12(4-1-5-12)16-11(17)9-3-2-8(14)6-10(9)15/h2-3,6H,1,4-5,7H2,(H,16,17). The van der Waals surface area contributed by atoms with Crippen molar-refractivity contribution in [2.75, 3.05) is 5.33 Å². The molecule has 1 N–H and O–H groups in total. The number of amides is 1. The molecule has 0 unspecified atom stereocenters. The van der Waals surface area contributed by atoms with Crippen LogP contribution in [-0.4, -0.2) is 16.8 Å². The highest BCUT2D eigenvalue weighted by Crippen LogP contribution is 2.34. The maximum absolute atomic E-state index is 12.2. The summed E-state index contributed by atoms with van der Waals surface area (Å²) >= 11 is 10.3. The smallest absolute Gasteiger partial charge is 0.252 e. The van der Waals surface area contributed by atoms with Gasteiger partial charge in [-0.2, -0.15) is 0 Å². The summed E-state index contributed by atoms with van der Waals surface area (Å²) in [5, 5.41) is 3.94. The third-order valence-corrected chi connectivity index (χ3v) is 5.34. The van der Waals surface area contributed by atoms with Crippen LogP contribution in [-0.2, 0) is 0 Å². The second-order valence-corrected chi connectivity index (χ2v) is 6.68. The van der Waals surface area contributed by atoms with E-state index >= 15 is 0 Å². The van der Waals surface area contributed by atoms with Crippen molar-refractivity contribution in [2.45, 2.75) is 24.8 Å². The summed E-state index contributed by atoms with van der Waals surface area (Å²) in [6.45, 7) is 0. The molecule has 0 bridgehead atoms. The summed E-state index contributed by atoms with van der Waals surface area (Å²) in [5.41, 5.74) is 0.643. The molecule has 0 radical (unpaired) electrons. The molecule has 1 fully saturated rings. The van der Waals surface area contributed by atoms with Crippen LogP contribution in [0.2, 0.25) is 0 Å². The lowest BCUT2D eigenvalue weighted by Gasteiger charge is -2.41. The molecule has 0 atom stereocenters. The quantitative estimate of drug-likeness (QED) is 0.720. The summed E-state index contributed by atoms with van der Waals surface area (Å²) in [6, 6.07) is 5.59. The Balaban J connectivity index is 2.14.